The molecule has 2 heteroatoms. The van der Waals surface area contributed by atoms with Crippen LogP contribution in [0, 0.1) is 0 Å². The number of nitrogens with zero attached hydrogens (tertiary/aromatic N) is 1. The fourth-order valence-corrected chi connectivity index (χ4v) is 3.93. The number of hydrogen-bond acceptors (Lipinski definition) is 2. The van der Waals surface area contributed by atoms with Crippen LogP contribution in [0.15, 0.2) is 0 Å². The Hall–Kier alpha value is -0.0800. The fourth-order valence-electron chi connectivity index (χ4n) is 3.93. The van der Waals surface area contributed by atoms with Gasteiger partial charge in [0.25, 0.3) is 0 Å². The van der Waals surface area contributed by atoms with Crippen LogP contribution in [0.4, 0.5) is 0 Å². The van der Waals surface area contributed by atoms with E-state index in [1.165, 1.54) is 51.4 Å². The lowest BCUT2D eigenvalue weighted by Crippen LogP contribution is -2.60. The number of hydrogen-bond donors (Lipinski definition) is 1. The zero-order valence-corrected chi connectivity index (χ0v) is 9.91. The van der Waals surface area contributed by atoms with Crippen LogP contribution < -0.4 is 5.32 Å². The molecule has 0 amide bonds. The maximum atomic E-state index is 3.50. The molecule has 86 valence electrons. The molecule has 2 nitrogen and oxygen atoms in total. The minimum absolute atomic E-state index is 0.802. The molecule has 0 spiro atoms. The Bertz CT molecular complexity index is 211. The van der Waals surface area contributed by atoms with Crippen molar-refractivity contribution in [2.24, 2.45) is 0 Å². The molecule has 1 aliphatic carbocycles. The third-order valence-corrected chi connectivity index (χ3v) is 4.94. The molecule has 2 heterocycles. The van der Waals surface area contributed by atoms with Gasteiger partial charge in [0.15, 0.2) is 0 Å². The molecule has 1 saturated carbocycles. The molecule has 3 fully saturated rings. The van der Waals surface area contributed by atoms with Gasteiger partial charge in [0.05, 0.1) is 0 Å². The first-order chi connectivity index (χ1) is 7.38. The van der Waals surface area contributed by atoms with E-state index < -0.39 is 0 Å². The Kier molecular flexibility index (Phi) is 2.73. The smallest absolute Gasteiger partial charge is 0.0116 e. The third kappa shape index (κ3) is 1.72. The van der Waals surface area contributed by atoms with E-state index in [2.05, 4.69) is 17.3 Å². The second-order valence-electron chi connectivity index (χ2n) is 5.73. The first kappa shape index (κ1) is 10.1. The summed E-state index contributed by atoms with van der Waals surface area (Å²) in [7, 11) is 2.14. The Balaban J connectivity index is 1.72. The summed E-state index contributed by atoms with van der Waals surface area (Å²) in [4.78, 5) is 2.92. The van der Waals surface area contributed by atoms with Crippen LogP contribution in [0.1, 0.15) is 51.4 Å². The summed E-state index contributed by atoms with van der Waals surface area (Å²) < 4.78 is 0. The van der Waals surface area contributed by atoms with Crippen molar-refractivity contribution in [3.05, 3.63) is 0 Å². The molecule has 15 heavy (non-hydrogen) atoms. The van der Waals surface area contributed by atoms with Crippen molar-refractivity contribution in [2.45, 2.75) is 75.5 Å². The van der Waals surface area contributed by atoms with Gasteiger partial charge in [-0.3, -0.25) is 4.90 Å². The summed E-state index contributed by atoms with van der Waals surface area (Å²) in [5.41, 5.74) is 0. The second kappa shape index (κ2) is 4.06. The Morgan fingerprint density at radius 2 is 1.40 bits per heavy atom. The predicted molar refractivity (Wildman–Crippen MR) is 63.0 cm³/mol. The first-order valence-electron chi connectivity index (χ1n) is 6.83. The molecule has 2 aliphatic heterocycles. The molecular weight excluding hydrogens is 184 g/mol. The quantitative estimate of drug-likeness (QED) is 0.748. The van der Waals surface area contributed by atoms with E-state index in [0.29, 0.717) is 0 Å². The SMILES string of the molecule is CNC1CC2CCCC(C1)N2C1CCC1. The third-order valence-electron chi connectivity index (χ3n) is 4.94. The van der Waals surface area contributed by atoms with Crippen LogP contribution in [0.2, 0.25) is 0 Å². The molecule has 0 aromatic heterocycles. The highest BCUT2D eigenvalue weighted by molar-refractivity contribution is 4.99. The van der Waals surface area contributed by atoms with Gasteiger partial charge in [0.1, 0.15) is 0 Å². The summed E-state index contributed by atoms with van der Waals surface area (Å²) >= 11 is 0. The second-order valence-corrected chi connectivity index (χ2v) is 5.73. The molecule has 1 N–H and O–H groups in total. The lowest BCUT2D eigenvalue weighted by molar-refractivity contribution is -0.0348. The van der Waals surface area contributed by atoms with Gasteiger partial charge >= 0.3 is 0 Å². The molecule has 0 radical (unpaired) electrons. The van der Waals surface area contributed by atoms with E-state index in [-0.39, 0.29) is 0 Å². The van der Waals surface area contributed by atoms with Gasteiger partial charge in [0.2, 0.25) is 0 Å². The van der Waals surface area contributed by atoms with Crippen molar-refractivity contribution in [3.63, 3.8) is 0 Å². The Labute approximate surface area is 93.4 Å². The van der Waals surface area contributed by atoms with E-state index in [1.807, 2.05) is 0 Å². The van der Waals surface area contributed by atoms with Crippen LogP contribution in [-0.2, 0) is 0 Å². The summed E-state index contributed by atoms with van der Waals surface area (Å²) in [6.45, 7) is 0. The minimum atomic E-state index is 0.802. The topological polar surface area (TPSA) is 15.3 Å². The minimum Gasteiger partial charge on any atom is -0.317 e. The molecule has 2 unspecified atom stereocenters. The summed E-state index contributed by atoms with van der Waals surface area (Å²) in [5, 5.41) is 3.50. The summed E-state index contributed by atoms with van der Waals surface area (Å²) in [6, 6.07) is 3.61. The zero-order chi connectivity index (χ0) is 10.3. The standard InChI is InChI=1S/C13H24N2/c1-14-10-8-12-6-3-7-13(9-10)15(12)11-4-2-5-11/h10-14H,2-9H2,1H3. The Morgan fingerprint density at radius 1 is 0.867 bits per heavy atom. The maximum absolute atomic E-state index is 3.50. The summed E-state index contributed by atoms with van der Waals surface area (Å²) in [5.74, 6) is 0. The van der Waals surface area contributed by atoms with E-state index in [1.54, 1.807) is 0 Å². The van der Waals surface area contributed by atoms with Gasteiger partial charge in [0, 0.05) is 24.2 Å². The van der Waals surface area contributed by atoms with Gasteiger partial charge in [-0.2, -0.15) is 0 Å². The number of fused-ring (bicyclic) bond motifs is 2. The van der Waals surface area contributed by atoms with Gasteiger partial charge in [-0.25, -0.2) is 0 Å². The van der Waals surface area contributed by atoms with Gasteiger partial charge in [-0.1, -0.05) is 12.8 Å². The van der Waals surface area contributed by atoms with E-state index >= 15 is 0 Å². The molecular formula is C13H24N2. The normalized spacial score (nSPS) is 42.6. The van der Waals surface area contributed by atoms with Gasteiger partial charge < -0.3 is 5.32 Å². The number of rotatable bonds is 2. The largest absolute Gasteiger partial charge is 0.317 e. The highest BCUT2D eigenvalue weighted by Crippen LogP contribution is 2.40. The van der Waals surface area contributed by atoms with Gasteiger partial charge in [-0.05, 0) is 45.6 Å². The van der Waals surface area contributed by atoms with E-state index in [0.717, 1.165) is 24.2 Å². The lowest BCUT2D eigenvalue weighted by atomic mass is 9.77. The average molecular weight is 208 g/mol. The fraction of sp³-hybridized carbons (Fsp3) is 1.00. The van der Waals surface area contributed by atoms with Crippen molar-refractivity contribution >= 4 is 0 Å². The molecule has 0 aromatic carbocycles. The number of nitrogens with one attached hydrogen (secondary N) is 1. The molecule has 2 atom stereocenters. The summed E-state index contributed by atoms with van der Waals surface area (Å²) in [6.07, 6.45) is 11.7. The lowest BCUT2D eigenvalue weighted by Gasteiger charge is -2.54. The average Bonchev–Trinajstić information content (AvgIpc) is 2.14. The van der Waals surface area contributed by atoms with Crippen LogP contribution in [0.3, 0.4) is 0 Å². The van der Waals surface area contributed by atoms with Crippen molar-refractivity contribution in [3.8, 4) is 0 Å². The Morgan fingerprint density at radius 3 is 1.87 bits per heavy atom. The van der Waals surface area contributed by atoms with Crippen molar-refractivity contribution in [1.82, 2.24) is 10.2 Å². The van der Waals surface area contributed by atoms with Crippen molar-refractivity contribution in [2.75, 3.05) is 7.05 Å². The van der Waals surface area contributed by atoms with Crippen LogP contribution in [0.25, 0.3) is 0 Å². The molecule has 2 bridgehead atoms. The van der Waals surface area contributed by atoms with Crippen LogP contribution in [-0.4, -0.2) is 36.1 Å². The zero-order valence-electron chi connectivity index (χ0n) is 9.91. The van der Waals surface area contributed by atoms with Crippen LogP contribution in [0.5, 0.6) is 0 Å². The van der Waals surface area contributed by atoms with Gasteiger partial charge in [-0.15, -0.1) is 0 Å². The molecule has 2 saturated heterocycles. The first-order valence-corrected chi connectivity index (χ1v) is 6.83. The maximum Gasteiger partial charge on any atom is 0.0116 e. The molecule has 3 rings (SSSR count). The number of piperidine rings is 2. The van der Waals surface area contributed by atoms with E-state index in [9.17, 15) is 0 Å². The van der Waals surface area contributed by atoms with Crippen molar-refractivity contribution in [1.29, 1.82) is 0 Å². The van der Waals surface area contributed by atoms with E-state index in [4.69, 9.17) is 0 Å². The monoisotopic (exact) mass is 208 g/mol. The van der Waals surface area contributed by atoms with Crippen LogP contribution >= 0.6 is 0 Å². The highest BCUT2D eigenvalue weighted by atomic mass is 15.2. The van der Waals surface area contributed by atoms with Crippen molar-refractivity contribution < 1.29 is 0 Å². The highest BCUT2D eigenvalue weighted by Gasteiger charge is 2.42. The predicted octanol–water partition coefficient (Wildman–Crippen LogP) is 2.14. The molecule has 3 aliphatic rings. The molecule has 0 aromatic rings.